The van der Waals surface area contributed by atoms with Gasteiger partial charge in [0.25, 0.3) is 0 Å². The van der Waals surface area contributed by atoms with Crippen molar-refractivity contribution in [2.24, 2.45) is 0 Å². The van der Waals surface area contributed by atoms with E-state index in [0.29, 0.717) is 5.75 Å². The van der Waals surface area contributed by atoms with Gasteiger partial charge in [-0.2, -0.15) is 0 Å². The molecule has 3 nitrogen and oxygen atoms in total. The molecule has 0 bridgehead atoms. The van der Waals surface area contributed by atoms with Crippen LogP contribution in [0.1, 0.15) is 5.56 Å². The van der Waals surface area contributed by atoms with Crippen LogP contribution in [0.3, 0.4) is 0 Å². The molecule has 1 aromatic carbocycles. The summed E-state index contributed by atoms with van der Waals surface area (Å²) in [5, 5.41) is 0. The van der Waals surface area contributed by atoms with Crippen molar-refractivity contribution in [1.29, 1.82) is 0 Å². The summed E-state index contributed by atoms with van der Waals surface area (Å²) in [5.41, 5.74) is 0.227. The Balaban J connectivity index is 3.02. The predicted molar refractivity (Wildman–Crippen MR) is 54.0 cm³/mol. The van der Waals surface area contributed by atoms with Gasteiger partial charge in [-0.3, -0.25) is 0 Å². The summed E-state index contributed by atoms with van der Waals surface area (Å²) in [6.07, 6.45) is 2.46. The van der Waals surface area contributed by atoms with Gasteiger partial charge in [-0.05, 0) is 18.2 Å². The molecule has 0 amide bonds. The lowest BCUT2D eigenvalue weighted by atomic mass is 10.1. The highest BCUT2D eigenvalue weighted by atomic mass is 19.1. The number of carbonyl (C=O) groups is 1. The van der Waals surface area contributed by atoms with E-state index in [0.717, 1.165) is 6.08 Å². The molecule has 0 aliphatic carbocycles. The Morgan fingerprint density at radius 1 is 1.40 bits per heavy atom. The first-order valence-corrected chi connectivity index (χ1v) is 4.27. The van der Waals surface area contributed by atoms with Gasteiger partial charge in [-0.15, -0.1) is 0 Å². The van der Waals surface area contributed by atoms with Crippen molar-refractivity contribution in [1.82, 2.24) is 0 Å². The summed E-state index contributed by atoms with van der Waals surface area (Å²) < 4.78 is 22.7. The van der Waals surface area contributed by atoms with Gasteiger partial charge in [0.2, 0.25) is 0 Å². The summed E-state index contributed by atoms with van der Waals surface area (Å²) >= 11 is 0. The molecule has 1 aromatic rings. The fraction of sp³-hybridized carbons (Fsp3) is 0.182. The Labute approximate surface area is 87.1 Å². The van der Waals surface area contributed by atoms with E-state index in [-0.39, 0.29) is 5.56 Å². The number of methoxy groups -OCH3 is 2. The summed E-state index contributed by atoms with van der Waals surface area (Å²) in [4.78, 5) is 10.8. The van der Waals surface area contributed by atoms with Crippen LogP contribution < -0.4 is 4.74 Å². The predicted octanol–water partition coefficient (Wildman–Crippen LogP) is 2.02. The molecule has 80 valence electrons. The standard InChI is InChI=1S/C11H11FO3/c1-14-10-5-3-4-9(12)8(10)6-7-11(13)15-2/h3-7H,1-2H3. The second kappa shape index (κ2) is 5.14. The van der Waals surface area contributed by atoms with E-state index in [9.17, 15) is 9.18 Å². The van der Waals surface area contributed by atoms with Crippen LogP contribution in [0.2, 0.25) is 0 Å². The maximum absolute atomic E-state index is 13.3. The molecular weight excluding hydrogens is 199 g/mol. The zero-order valence-electron chi connectivity index (χ0n) is 8.49. The van der Waals surface area contributed by atoms with Crippen molar-refractivity contribution < 1.29 is 18.7 Å². The number of carbonyl (C=O) groups excluding carboxylic acids is 1. The van der Waals surface area contributed by atoms with Gasteiger partial charge in [-0.25, -0.2) is 9.18 Å². The zero-order valence-corrected chi connectivity index (χ0v) is 8.49. The average Bonchev–Trinajstić information content (AvgIpc) is 2.26. The fourth-order valence-corrected chi connectivity index (χ4v) is 1.08. The van der Waals surface area contributed by atoms with Crippen molar-refractivity contribution in [3.05, 3.63) is 35.7 Å². The summed E-state index contributed by atoms with van der Waals surface area (Å²) in [7, 11) is 2.69. The third-order valence-electron chi connectivity index (χ3n) is 1.82. The van der Waals surface area contributed by atoms with E-state index in [2.05, 4.69) is 4.74 Å². The Morgan fingerprint density at radius 3 is 2.73 bits per heavy atom. The number of ether oxygens (including phenoxy) is 2. The molecule has 0 aliphatic rings. The maximum Gasteiger partial charge on any atom is 0.330 e. The Morgan fingerprint density at radius 2 is 2.13 bits per heavy atom. The van der Waals surface area contributed by atoms with Crippen LogP contribution >= 0.6 is 0 Å². The van der Waals surface area contributed by atoms with E-state index in [1.165, 1.54) is 32.4 Å². The average molecular weight is 210 g/mol. The molecule has 0 spiro atoms. The van der Waals surface area contributed by atoms with Crippen molar-refractivity contribution in [3.8, 4) is 5.75 Å². The Bertz CT molecular complexity index is 385. The van der Waals surface area contributed by atoms with Gasteiger partial charge in [-0.1, -0.05) is 6.07 Å². The number of halogens is 1. The minimum Gasteiger partial charge on any atom is -0.496 e. The highest BCUT2D eigenvalue weighted by molar-refractivity contribution is 5.87. The van der Waals surface area contributed by atoms with Gasteiger partial charge in [0.05, 0.1) is 19.8 Å². The van der Waals surface area contributed by atoms with Crippen LogP contribution in [-0.2, 0) is 9.53 Å². The van der Waals surface area contributed by atoms with Crippen molar-refractivity contribution in [2.45, 2.75) is 0 Å². The number of rotatable bonds is 3. The minimum atomic E-state index is -0.541. The zero-order chi connectivity index (χ0) is 11.3. The maximum atomic E-state index is 13.3. The minimum absolute atomic E-state index is 0.227. The number of hydrogen-bond acceptors (Lipinski definition) is 3. The fourth-order valence-electron chi connectivity index (χ4n) is 1.08. The molecule has 0 radical (unpaired) electrons. The van der Waals surface area contributed by atoms with E-state index in [1.807, 2.05) is 0 Å². The molecule has 4 heteroatoms. The summed E-state index contributed by atoms with van der Waals surface area (Å²) in [6, 6.07) is 4.43. The lowest BCUT2D eigenvalue weighted by Crippen LogP contribution is -1.95. The number of hydrogen-bond donors (Lipinski definition) is 0. The van der Waals surface area contributed by atoms with Crippen LogP contribution in [-0.4, -0.2) is 20.2 Å². The first-order valence-electron chi connectivity index (χ1n) is 4.27. The van der Waals surface area contributed by atoms with E-state index >= 15 is 0 Å². The molecular formula is C11H11FO3. The van der Waals surface area contributed by atoms with Gasteiger partial charge in [0.1, 0.15) is 11.6 Å². The molecule has 0 atom stereocenters. The quantitative estimate of drug-likeness (QED) is 0.565. The van der Waals surface area contributed by atoms with Crippen LogP contribution in [0.5, 0.6) is 5.75 Å². The summed E-state index contributed by atoms with van der Waals surface area (Å²) in [6.45, 7) is 0. The smallest absolute Gasteiger partial charge is 0.330 e. The molecule has 0 aromatic heterocycles. The highest BCUT2D eigenvalue weighted by Gasteiger charge is 2.05. The second-order valence-corrected chi connectivity index (χ2v) is 2.71. The molecule has 0 N–H and O–H groups in total. The molecule has 0 heterocycles. The first-order chi connectivity index (χ1) is 7.19. The van der Waals surface area contributed by atoms with Crippen LogP contribution in [0.15, 0.2) is 24.3 Å². The SMILES string of the molecule is COC(=O)C=Cc1c(F)cccc1OC. The molecule has 0 unspecified atom stereocenters. The lowest BCUT2D eigenvalue weighted by molar-refractivity contribution is -0.134. The topological polar surface area (TPSA) is 35.5 Å². The molecule has 0 saturated heterocycles. The van der Waals surface area contributed by atoms with Gasteiger partial charge in [0.15, 0.2) is 0 Å². The van der Waals surface area contributed by atoms with Crippen LogP contribution in [0.4, 0.5) is 4.39 Å². The number of esters is 1. The third kappa shape index (κ3) is 2.80. The van der Waals surface area contributed by atoms with E-state index < -0.39 is 11.8 Å². The normalized spacial score (nSPS) is 10.3. The van der Waals surface area contributed by atoms with E-state index in [1.54, 1.807) is 6.07 Å². The lowest BCUT2D eigenvalue weighted by Gasteiger charge is -2.04. The molecule has 15 heavy (non-hydrogen) atoms. The van der Waals surface area contributed by atoms with Crippen molar-refractivity contribution in [3.63, 3.8) is 0 Å². The third-order valence-corrected chi connectivity index (χ3v) is 1.82. The van der Waals surface area contributed by atoms with Crippen molar-refractivity contribution >= 4 is 12.0 Å². The monoisotopic (exact) mass is 210 g/mol. The largest absolute Gasteiger partial charge is 0.496 e. The molecule has 0 fully saturated rings. The highest BCUT2D eigenvalue weighted by Crippen LogP contribution is 2.22. The Kier molecular flexibility index (Phi) is 3.85. The molecule has 0 saturated carbocycles. The Hall–Kier alpha value is -1.84. The van der Waals surface area contributed by atoms with Crippen molar-refractivity contribution in [2.75, 3.05) is 14.2 Å². The first kappa shape index (κ1) is 11.2. The summed E-state index contributed by atoms with van der Waals surface area (Å²) in [5.74, 6) is -0.620. The molecule has 0 aliphatic heterocycles. The van der Waals surface area contributed by atoms with Gasteiger partial charge < -0.3 is 9.47 Å². The van der Waals surface area contributed by atoms with E-state index in [4.69, 9.17) is 4.74 Å². The van der Waals surface area contributed by atoms with Crippen LogP contribution in [0, 0.1) is 5.82 Å². The second-order valence-electron chi connectivity index (χ2n) is 2.71. The molecule has 1 rings (SSSR count). The van der Waals surface area contributed by atoms with Gasteiger partial charge in [0, 0.05) is 6.08 Å². The van der Waals surface area contributed by atoms with Crippen LogP contribution in [0.25, 0.3) is 6.08 Å². The van der Waals surface area contributed by atoms with Gasteiger partial charge >= 0.3 is 5.97 Å². The number of benzene rings is 1.